The van der Waals surface area contributed by atoms with Gasteiger partial charge >= 0.3 is 0 Å². The topological polar surface area (TPSA) is 30.2 Å². The molecule has 0 bridgehead atoms. The third-order valence-electron chi connectivity index (χ3n) is 3.04. The van der Waals surface area contributed by atoms with Crippen LogP contribution in [0, 0.1) is 38.2 Å². The van der Waals surface area contributed by atoms with Crippen LogP contribution in [-0.2, 0) is 0 Å². The zero-order chi connectivity index (χ0) is 14.3. The van der Waals surface area contributed by atoms with E-state index < -0.39 is 28.8 Å². The highest BCUT2D eigenvalue weighted by atomic mass is 19.2. The molecule has 0 aliphatic rings. The number of hydrogen-bond donors (Lipinski definition) is 0. The van der Waals surface area contributed by atoms with Crippen molar-refractivity contribution in [2.24, 2.45) is 0 Å². The quantitative estimate of drug-likeness (QED) is 0.611. The monoisotopic (exact) mass is 268 g/mol. The highest BCUT2D eigenvalue weighted by molar-refractivity contribution is 6.10. The minimum atomic E-state index is -1.33. The molecule has 2 aromatic rings. The van der Waals surface area contributed by atoms with Crippen LogP contribution in [0.25, 0.3) is 0 Å². The number of rotatable bonds is 2. The lowest BCUT2D eigenvalue weighted by Gasteiger charge is -2.04. The molecule has 0 unspecified atom stereocenters. The van der Waals surface area contributed by atoms with Crippen LogP contribution in [0.3, 0.4) is 0 Å². The van der Waals surface area contributed by atoms with E-state index in [0.29, 0.717) is 29.2 Å². The summed E-state index contributed by atoms with van der Waals surface area (Å²) >= 11 is 0. The van der Waals surface area contributed by atoms with Crippen molar-refractivity contribution in [2.45, 2.75) is 20.8 Å². The van der Waals surface area contributed by atoms with E-state index in [0.717, 1.165) is 0 Å². The first-order valence-electron chi connectivity index (χ1n) is 5.58. The molecule has 1 heterocycles. The highest BCUT2D eigenvalue weighted by Gasteiger charge is 2.24. The number of carbonyl (C=O) groups excluding carboxylic acids is 1. The van der Waals surface area contributed by atoms with E-state index in [1.165, 1.54) is 0 Å². The number of carbonyl (C=O) groups is 1. The van der Waals surface area contributed by atoms with E-state index in [1.54, 1.807) is 20.8 Å². The number of aryl methyl sites for hydroxylation is 2. The van der Waals surface area contributed by atoms with Crippen LogP contribution in [0.2, 0.25) is 0 Å². The van der Waals surface area contributed by atoms with Gasteiger partial charge in [-0.1, -0.05) is 0 Å². The summed E-state index contributed by atoms with van der Waals surface area (Å²) in [6, 6.07) is 0.925. The van der Waals surface area contributed by atoms with E-state index in [4.69, 9.17) is 4.42 Å². The average Bonchev–Trinajstić information content (AvgIpc) is 2.57. The zero-order valence-electron chi connectivity index (χ0n) is 10.6. The Morgan fingerprint density at radius 3 is 2.05 bits per heavy atom. The Hall–Kier alpha value is -2.04. The minimum Gasteiger partial charge on any atom is -0.466 e. The predicted molar refractivity (Wildman–Crippen MR) is 62.7 cm³/mol. The van der Waals surface area contributed by atoms with Gasteiger partial charge in [-0.2, -0.15) is 0 Å². The Morgan fingerprint density at radius 1 is 0.947 bits per heavy atom. The third kappa shape index (κ3) is 2.16. The number of halogens is 3. The lowest BCUT2D eigenvalue weighted by Crippen LogP contribution is -2.08. The molecule has 0 aliphatic carbocycles. The van der Waals surface area contributed by atoms with Crippen molar-refractivity contribution in [3.05, 3.63) is 57.8 Å². The average molecular weight is 268 g/mol. The number of furan rings is 1. The Morgan fingerprint density at radius 2 is 1.53 bits per heavy atom. The maximum absolute atomic E-state index is 13.6. The lowest BCUT2D eigenvalue weighted by atomic mass is 9.99. The Labute approximate surface area is 107 Å². The molecule has 0 fully saturated rings. The molecular weight excluding hydrogens is 257 g/mol. The van der Waals surface area contributed by atoms with Crippen LogP contribution in [-0.4, -0.2) is 5.78 Å². The second kappa shape index (κ2) is 4.57. The summed E-state index contributed by atoms with van der Waals surface area (Å²) in [5.74, 6) is -3.55. The first kappa shape index (κ1) is 13.4. The van der Waals surface area contributed by atoms with Gasteiger partial charge in [0.25, 0.3) is 0 Å². The molecule has 19 heavy (non-hydrogen) atoms. The largest absolute Gasteiger partial charge is 0.466 e. The molecule has 0 amide bonds. The van der Waals surface area contributed by atoms with Crippen molar-refractivity contribution in [1.29, 1.82) is 0 Å². The van der Waals surface area contributed by atoms with Crippen molar-refractivity contribution in [3.63, 3.8) is 0 Å². The summed E-state index contributed by atoms with van der Waals surface area (Å²) in [5.41, 5.74) is 0.236. The molecule has 0 saturated heterocycles. The van der Waals surface area contributed by atoms with E-state index in [9.17, 15) is 18.0 Å². The molecule has 5 heteroatoms. The molecule has 2 rings (SSSR count). The van der Waals surface area contributed by atoms with Crippen molar-refractivity contribution >= 4 is 5.78 Å². The smallest absolute Gasteiger partial charge is 0.199 e. The molecule has 0 N–H and O–H groups in total. The van der Waals surface area contributed by atoms with Crippen LogP contribution >= 0.6 is 0 Å². The second-order valence-electron chi connectivity index (χ2n) is 4.29. The molecular formula is C14H11F3O2. The molecule has 0 aliphatic heterocycles. The second-order valence-corrected chi connectivity index (χ2v) is 4.29. The van der Waals surface area contributed by atoms with E-state index in [2.05, 4.69) is 0 Å². The molecule has 100 valence electrons. The van der Waals surface area contributed by atoms with Gasteiger partial charge < -0.3 is 4.42 Å². The fraction of sp³-hybridized carbons (Fsp3) is 0.214. The minimum absolute atomic E-state index is 0.183. The third-order valence-corrected chi connectivity index (χ3v) is 3.04. The maximum atomic E-state index is 13.6. The normalized spacial score (nSPS) is 10.8. The Bertz CT molecular complexity index is 672. The van der Waals surface area contributed by atoms with E-state index in [1.807, 2.05) is 0 Å². The highest BCUT2D eigenvalue weighted by Crippen LogP contribution is 2.25. The number of benzene rings is 1. The molecule has 0 spiro atoms. The van der Waals surface area contributed by atoms with Crippen LogP contribution in [0.1, 0.15) is 33.0 Å². The number of ketones is 1. The summed E-state index contributed by atoms with van der Waals surface area (Å²) in [5, 5.41) is 0. The molecule has 1 aromatic heterocycles. The first-order valence-corrected chi connectivity index (χ1v) is 5.58. The standard InChI is InChI=1S/C14H11F3O2/c1-6-7(2)19-8(3)13(6)14(18)9-4-11(16)12(17)5-10(9)15/h4-5H,1-3H3. The van der Waals surface area contributed by atoms with Gasteiger partial charge in [-0.05, 0) is 26.8 Å². The zero-order valence-corrected chi connectivity index (χ0v) is 10.6. The summed E-state index contributed by atoms with van der Waals surface area (Å²) in [4.78, 5) is 12.2. The molecule has 2 nitrogen and oxygen atoms in total. The predicted octanol–water partition coefficient (Wildman–Crippen LogP) is 3.85. The van der Waals surface area contributed by atoms with Gasteiger partial charge in [-0.15, -0.1) is 0 Å². The van der Waals surface area contributed by atoms with E-state index >= 15 is 0 Å². The Kier molecular flexibility index (Phi) is 3.22. The molecule has 1 aromatic carbocycles. The molecule has 0 atom stereocenters. The molecule has 0 saturated carbocycles. The summed E-state index contributed by atoms with van der Waals surface area (Å²) in [6.07, 6.45) is 0. The maximum Gasteiger partial charge on any atom is 0.199 e. The lowest BCUT2D eigenvalue weighted by molar-refractivity contribution is 0.103. The SMILES string of the molecule is Cc1oc(C)c(C(=O)c2cc(F)c(F)cc2F)c1C. The van der Waals surface area contributed by atoms with Crippen LogP contribution in [0.4, 0.5) is 13.2 Å². The number of hydrogen-bond acceptors (Lipinski definition) is 2. The summed E-state index contributed by atoms with van der Waals surface area (Å²) in [7, 11) is 0. The van der Waals surface area contributed by atoms with Gasteiger partial charge in [0.05, 0.1) is 11.1 Å². The van der Waals surface area contributed by atoms with E-state index in [-0.39, 0.29) is 5.56 Å². The first-order chi connectivity index (χ1) is 8.82. The Balaban J connectivity index is 2.59. The van der Waals surface area contributed by atoms with Gasteiger partial charge in [0, 0.05) is 11.6 Å². The fourth-order valence-corrected chi connectivity index (χ4v) is 1.96. The van der Waals surface area contributed by atoms with Crippen molar-refractivity contribution in [3.8, 4) is 0 Å². The summed E-state index contributed by atoms with van der Waals surface area (Å²) in [6.45, 7) is 4.88. The van der Waals surface area contributed by atoms with Crippen molar-refractivity contribution in [2.75, 3.05) is 0 Å². The van der Waals surface area contributed by atoms with Gasteiger partial charge in [0.1, 0.15) is 17.3 Å². The van der Waals surface area contributed by atoms with Gasteiger partial charge in [0.2, 0.25) is 0 Å². The molecule has 0 radical (unpaired) electrons. The van der Waals surface area contributed by atoms with Crippen LogP contribution in [0.15, 0.2) is 16.5 Å². The van der Waals surface area contributed by atoms with Gasteiger partial charge in [-0.3, -0.25) is 4.79 Å². The fourth-order valence-electron chi connectivity index (χ4n) is 1.96. The summed E-state index contributed by atoms with van der Waals surface area (Å²) < 4.78 is 44.8. The van der Waals surface area contributed by atoms with Crippen molar-refractivity contribution < 1.29 is 22.4 Å². The van der Waals surface area contributed by atoms with Gasteiger partial charge in [0.15, 0.2) is 17.4 Å². The van der Waals surface area contributed by atoms with Crippen LogP contribution in [0.5, 0.6) is 0 Å². The van der Waals surface area contributed by atoms with Gasteiger partial charge in [-0.25, -0.2) is 13.2 Å². The van der Waals surface area contributed by atoms with Crippen LogP contribution < -0.4 is 0 Å². The van der Waals surface area contributed by atoms with Crippen molar-refractivity contribution in [1.82, 2.24) is 0 Å².